The van der Waals surface area contributed by atoms with Crippen molar-refractivity contribution in [2.24, 2.45) is 0 Å². The van der Waals surface area contributed by atoms with Crippen molar-refractivity contribution in [2.45, 2.75) is 90.4 Å². The van der Waals surface area contributed by atoms with Crippen molar-refractivity contribution in [3.05, 3.63) is 12.7 Å². The molecule has 0 radical (unpaired) electrons. The smallest absolute Gasteiger partial charge is 0.194 e. The average molecular weight is 317 g/mol. The third-order valence-corrected chi connectivity index (χ3v) is 3.88. The lowest BCUT2D eigenvalue weighted by Crippen LogP contribution is -2.47. The first kappa shape index (κ1) is 23.9. The van der Waals surface area contributed by atoms with Gasteiger partial charge < -0.3 is 14.2 Å². The molecule has 134 valence electrons. The van der Waals surface area contributed by atoms with Crippen molar-refractivity contribution in [1.29, 1.82) is 0 Å². The van der Waals surface area contributed by atoms with Crippen LogP contribution in [0.3, 0.4) is 0 Å². The lowest BCUT2D eigenvalue weighted by atomic mass is 9.97. The Hall–Kier alpha value is -0.380. The van der Waals surface area contributed by atoms with Gasteiger partial charge in [-0.2, -0.15) is 0 Å². The van der Waals surface area contributed by atoms with Crippen LogP contribution in [0.25, 0.3) is 0 Å². The first-order valence-corrected chi connectivity index (χ1v) is 8.82. The van der Waals surface area contributed by atoms with Gasteiger partial charge in [0.15, 0.2) is 5.79 Å². The molecule has 0 spiro atoms. The third kappa shape index (κ3) is 10.4. The maximum atomic E-state index is 5.63. The molecule has 0 saturated heterocycles. The lowest BCUT2D eigenvalue weighted by molar-refractivity contribution is -0.269. The zero-order valence-corrected chi connectivity index (χ0v) is 16.0. The topological polar surface area (TPSA) is 27.7 Å². The van der Waals surface area contributed by atoms with Crippen LogP contribution in [0.5, 0.6) is 0 Å². The second-order valence-electron chi connectivity index (χ2n) is 5.66. The van der Waals surface area contributed by atoms with E-state index in [1.165, 1.54) is 38.5 Å². The molecule has 0 aliphatic rings. The van der Waals surface area contributed by atoms with Crippen LogP contribution in [0.15, 0.2) is 12.7 Å². The second kappa shape index (κ2) is 17.0. The summed E-state index contributed by atoms with van der Waals surface area (Å²) in [5.74, 6) is -0.576. The van der Waals surface area contributed by atoms with Crippen LogP contribution >= 0.6 is 0 Å². The number of rotatable bonds is 13. The average Bonchev–Trinajstić information content (AvgIpc) is 2.53. The number of methoxy groups -OCH3 is 3. The molecule has 22 heavy (non-hydrogen) atoms. The van der Waals surface area contributed by atoms with Gasteiger partial charge in [0.25, 0.3) is 0 Å². The van der Waals surface area contributed by atoms with Gasteiger partial charge in [0, 0.05) is 27.8 Å². The molecule has 0 rings (SSSR count). The molecule has 3 nitrogen and oxygen atoms in total. The van der Waals surface area contributed by atoms with E-state index in [0.29, 0.717) is 0 Å². The fourth-order valence-electron chi connectivity index (χ4n) is 2.69. The minimum absolute atomic E-state index is 0.0219. The van der Waals surface area contributed by atoms with E-state index in [1.807, 2.05) is 6.92 Å². The van der Waals surface area contributed by atoms with Gasteiger partial charge in [-0.15, -0.1) is 6.58 Å². The van der Waals surface area contributed by atoms with Crippen molar-refractivity contribution in [1.82, 2.24) is 0 Å². The predicted molar refractivity (Wildman–Crippen MR) is 96.3 cm³/mol. The van der Waals surface area contributed by atoms with Crippen LogP contribution in [0, 0.1) is 0 Å². The van der Waals surface area contributed by atoms with Gasteiger partial charge in [-0.3, -0.25) is 0 Å². The van der Waals surface area contributed by atoms with Gasteiger partial charge in [-0.1, -0.05) is 64.9 Å². The minimum atomic E-state index is -0.576. The Balaban J connectivity index is 0. The van der Waals surface area contributed by atoms with Crippen molar-refractivity contribution in [2.75, 3.05) is 21.3 Å². The highest BCUT2D eigenvalue weighted by atomic mass is 16.7. The van der Waals surface area contributed by atoms with Crippen molar-refractivity contribution in [3.8, 4) is 0 Å². The van der Waals surface area contributed by atoms with E-state index in [1.54, 1.807) is 27.4 Å². The number of unbranched alkanes of at least 4 members (excludes halogenated alkanes) is 5. The molecule has 3 heteroatoms. The summed E-state index contributed by atoms with van der Waals surface area (Å²) in [6.07, 6.45) is 12.5. The summed E-state index contributed by atoms with van der Waals surface area (Å²) in [7, 11) is 5.18. The number of allylic oxidation sites excluding steroid dienone is 1. The summed E-state index contributed by atoms with van der Waals surface area (Å²) in [5, 5.41) is 0. The molecule has 1 atom stereocenters. The Morgan fingerprint density at radius 1 is 0.909 bits per heavy atom. The molecule has 0 aromatic heterocycles. The maximum Gasteiger partial charge on any atom is 0.194 e. The minimum Gasteiger partial charge on any atom is -0.376 e. The van der Waals surface area contributed by atoms with E-state index < -0.39 is 5.79 Å². The molecule has 0 aliphatic carbocycles. The number of ether oxygens (including phenoxy) is 3. The number of hydrogen-bond donors (Lipinski definition) is 0. The van der Waals surface area contributed by atoms with E-state index in [-0.39, 0.29) is 6.10 Å². The highest BCUT2D eigenvalue weighted by molar-refractivity contribution is 4.80. The van der Waals surface area contributed by atoms with Gasteiger partial charge in [0.1, 0.15) is 6.10 Å². The summed E-state index contributed by atoms with van der Waals surface area (Å²) in [5.41, 5.74) is 0. The van der Waals surface area contributed by atoms with Gasteiger partial charge >= 0.3 is 0 Å². The standard InChI is InChI=1S/C16H34O3.C3H6/c1-6-8-9-10-11-12-13-15(17-3)16(18-4,19-5)14-7-2;1-3-2/h15H,6-14H2,1-5H3;3H,1H2,2H3. The first-order valence-electron chi connectivity index (χ1n) is 8.82. The van der Waals surface area contributed by atoms with Gasteiger partial charge in [0.05, 0.1) is 0 Å². The number of hydrogen-bond acceptors (Lipinski definition) is 3. The Bertz CT molecular complexity index is 225. The highest BCUT2D eigenvalue weighted by Crippen LogP contribution is 2.28. The molecule has 0 aliphatic heterocycles. The van der Waals surface area contributed by atoms with Gasteiger partial charge in [-0.05, 0) is 13.3 Å². The first-order chi connectivity index (χ1) is 10.6. The quantitative estimate of drug-likeness (QED) is 0.246. The van der Waals surface area contributed by atoms with E-state index in [0.717, 1.165) is 19.3 Å². The third-order valence-electron chi connectivity index (χ3n) is 3.88. The summed E-state index contributed by atoms with van der Waals surface area (Å²) in [6, 6.07) is 0. The Labute approximate surface area is 139 Å². The van der Waals surface area contributed by atoms with E-state index in [9.17, 15) is 0 Å². The summed E-state index contributed by atoms with van der Waals surface area (Å²) in [4.78, 5) is 0. The van der Waals surface area contributed by atoms with Crippen LogP contribution in [-0.4, -0.2) is 33.2 Å². The normalized spacial score (nSPS) is 12.5. The molecule has 1 unspecified atom stereocenters. The summed E-state index contributed by atoms with van der Waals surface area (Å²) < 4.78 is 16.9. The molecular formula is C19H40O3. The molecule has 0 fully saturated rings. The van der Waals surface area contributed by atoms with Gasteiger partial charge in [0.2, 0.25) is 0 Å². The fraction of sp³-hybridized carbons (Fsp3) is 0.895. The maximum absolute atomic E-state index is 5.63. The molecule has 0 saturated carbocycles. The van der Waals surface area contributed by atoms with Gasteiger partial charge in [-0.25, -0.2) is 0 Å². The van der Waals surface area contributed by atoms with Crippen molar-refractivity contribution >= 4 is 0 Å². The molecule has 0 N–H and O–H groups in total. The molecule has 0 aromatic rings. The predicted octanol–water partition coefficient (Wildman–Crippen LogP) is 5.73. The van der Waals surface area contributed by atoms with Crippen LogP contribution in [0.2, 0.25) is 0 Å². The summed E-state index contributed by atoms with van der Waals surface area (Å²) >= 11 is 0. The zero-order chi connectivity index (χ0) is 17.3. The molecule has 0 bridgehead atoms. The monoisotopic (exact) mass is 316 g/mol. The Morgan fingerprint density at radius 3 is 1.82 bits per heavy atom. The molecule has 0 heterocycles. The van der Waals surface area contributed by atoms with Crippen LogP contribution in [0.4, 0.5) is 0 Å². The molecule has 0 amide bonds. The van der Waals surface area contributed by atoms with E-state index in [2.05, 4.69) is 20.4 Å². The van der Waals surface area contributed by atoms with E-state index >= 15 is 0 Å². The van der Waals surface area contributed by atoms with Crippen molar-refractivity contribution < 1.29 is 14.2 Å². The summed E-state index contributed by atoms with van der Waals surface area (Å²) in [6.45, 7) is 9.64. The molecule has 0 aromatic carbocycles. The van der Waals surface area contributed by atoms with Crippen LogP contribution < -0.4 is 0 Å². The van der Waals surface area contributed by atoms with E-state index in [4.69, 9.17) is 14.2 Å². The Kier molecular flexibility index (Phi) is 18.4. The SMILES string of the molecule is C=CC.CCCCCCCCC(OC)C(CCC)(OC)OC. The lowest BCUT2D eigenvalue weighted by Gasteiger charge is -2.37. The highest BCUT2D eigenvalue weighted by Gasteiger charge is 2.38. The fourth-order valence-corrected chi connectivity index (χ4v) is 2.69. The van der Waals surface area contributed by atoms with Crippen LogP contribution in [0.1, 0.15) is 78.6 Å². The van der Waals surface area contributed by atoms with Crippen LogP contribution in [-0.2, 0) is 14.2 Å². The Morgan fingerprint density at radius 2 is 1.41 bits per heavy atom. The van der Waals surface area contributed by atoms with Crippen molar-refractivity contribution in [3.63, 3.8) is 0 Å². The largest absolute Gasteiger partial charge is 0.376 e. The second-order valence-corrected chi connectivity index (χ2v) is 5.66. The zero-order valence-electron chi connectivity index (χ0n) is 16.0. The molecular weight excluding hydrogens is 276 g/mol.